The maximum atomic E-state index is 14.0. The van der Waals surface area contributed by atoms with Gasteiger partial charge in [-0.2, -0.15) is 0 Å². The Hall–Kier alpha value is -1.20. The second-order valence-electron chi connectivity index (χ2n) is 3.97. The molecule has 17 heavy (non-hydrogen) atoms. The van der Waals surface area contributed by atoms with E-state index in [9.17, 15) is 4.39 Å². The molecular weight excluding hydrogens is 223 g/mol. The number of hydrogen-bond donors (Lipinski definition) is 1. The Morgan fingerprint density at radius 3 is 3.24 bits per heavy atom. The van der Waals surface area contributed by atoms with Crippen LogP contribution in [0.2, 0.25) is 0 Å². The number of pyridine rings is 1. The zero-order valence-corrected chi connectivity index (χ0v) is 9.91. The van der Waals surface area contributed by atoms with E-state index < -0.39 is 0 Å². The molecule has 1 N–H and O–H groups in total. The first kappa shape index (κ1) is 12.3. The van der Waals surface area contributed by atoms with E-state index in [1.165, 1.54) is 0 Å². The first-order chi connectivity index (χ1) is 8.31. The summed E-state index contributed by atoms with van der Waals surface area (Å²) in [5, 5.41) is 3.08. The number of ether oxygens (including phenoxy) is 2. The third-order valence-corrected chi connectivity index (χ3v) is 2.67. The van der Waals surface area contributed by atoms with E-state index in [4.69, 9.17) is 9.47 Å². The van der Waals surface area contributed by atoms with Gasteiger partial charge in [0.1, 0.15) is 6.10 Å². The van der Waals surface area contributed by atoms with Gasteiger partial charge in [0.25, 0.3) is 5.88 Å². The molecule has 0 aromatic carbocycles. The highest BCUT2D eigenvalue weighted by Gasteiger charge is 2.20. The summed E-state index contributed by atoms with van der Waals surface area (Å²) < 4.78 is 24.6. The molecule has 1 aromatic heterocycles. The molecule has 0 saturated carbocycles. The van der Waals surface area contributed by atoms with Crippen molar-refractivity contribution in [1.29, 1.82) is 0 Å². The van der Waals surface area contributed by atoms with Crippen LogP contribution in [0.5, 0.6) is 5.88 Å². The number of halogens is 1. The summed E-state index contributed by atoms with van der Waals surface area (Å²) in [5.41, 5.74) is 0.579. The van der Waals surface area contributed by atoms with Crippen LogP contribution in [0.15, 0.2) is 12.3 Å². The van der Waals surface area contributed by atoms with Gasteiger partial charge < -0.3 is 14.8 Å². The SMILES string of the molecule is CCNCc1ccnc(OC2CCOC2)c1F. The second kappa shape index (κ2) is 5.93. The maximum absolute atomic E-state index is 14.0. The minimum Gasteiger partial charge on any atom is -0.470 e. The molecule has 1 fully saturated rings. The number of hydrogen-bond acceptors (Lipinski definition) is 4. The Morgan fingerprint density at radius 1 is 1.65 bits per heavy atom. The topological polar surface area (TPSA) is 43.4 Å². The number of nitrogens with zero attached hydrogens (tertiary/aromatic N) is 1. The number of rotatable bonds is 5. The molecule has 2 rings (SSSR count). The van der Waals surface area contributed by atoms with E-state index in [0.29, 0.717) is 25.3 Å². The average molecular weight is 240 g/mol. The predicted molar refractivity (Wildman–Crippen MR) is 61.4 cm³/mol. The van der Waals surface area contributed by atoms with Crippen LogP contribution in [0, 0.1) is 5.82 Å². The molecule has 1 atom stereocenters. The van der Waals surface area contributed by atoms with Crippen LogP contribution in [0.25, 0.3) is 0 Å². The van der Waals surface area contributed by atoms with Gasteiger partial charge in [0, 0.05) is 24.7 Å². The van der Waals surface area contributed by atoms with Gasteiger partial charge in [0.2, 0.25) is 0 Å². The van der Waals surface area contributed by atoms with Gasteiger partial charge in [0.15, 0.2) is 5.82 Å². The zero-order chi connectivity index (χ0) is 12.1. The van der Waals surface area contributed by atoms with Crippen molar-refractivity contribution < 1.29 is 13.9 Å². The Balaban J connectivity index is 2.05. The van der Waals surface area contributed by atoms with Crippen LogP contribution in [-0.2, 0) is 11.3 Å². The normalized spacial score (nSPS) is 19.5. The molecule has 0 aliphatic carbocycles. The van der Waals surface area contributed by atoms with E-state index in [-0.39, 0.29) is 17.8 Å². The quantitative estimate of drug-likeness (QED) is 0.847. The second-order valence-corrected chi connectivity index (χ2v) is 3.97. The summed E-state index contributed by atoms with van der Waals surface area (Å²) in [5.74, 6) is -0.295. The predicted octanol–water partition coefficient (Wildman–Crippen LogP) is 1.50. The maximum Gasteiger partial charge on any atom is 0.251 e. The van der Waals surface area contributed by atoms with Crippen molar-refractivity contribution in [3.63, 3.8) is 0 Å². The van der Waals surface area contributed by atoms with E-state index in [2.05, 4.69) is 10.3 Å². The van der Waals surface area contributed by atoms with Gasteiger partial charge >= 0.3 is 0 Å². The number of aromatic nitrogens is 1. The van der Waals surface area contributed by atoms with E-state index in [1.807, 2.05) is 6.92 Å². The van der Waals surface area contributed by atoms with Crippen molar-refractivity contribution in [3.8, 4) is 5.88 Å². The van der Waals surface area contributed by atoms with E-state index in [0.717, 1.165) is 13.0 Å². The van der Waals surface area contributed by atoms with Crippen molar-refractivity contribution in [2.24, 2.45) is 0 Å². The lowest BCUT2D eigenvalue weighted by molar-refractivity contribution is 0.134. The highest BCUT2D eigenvalue weighted by molar-refractivity contribution is 5.23. The molecule has 0 spiro atoms. The summed E-state index contributed by atoms with van der Waals surface area (Å²) >= 11 is 0. The van der Waals surface area contributed by atoms with Gasteiger partial charge in [-0.15, -0.1) is 0 Å². The fraction of sp³-hybridized carbons (Fsp3) is 0.583. The van der Waals surface area contributed by atoms with E-state index in [1.54, 1.807) is 12.3 Å². The van der Waals surface area contributed by atoms with Gasteiger partial charge in [-0.05, 0) is 12.6 Å². The fourth-order valence-corrected chi connectivity index (χ4v) is 1.70. The minimum atomic E-state index is -0.375. The lowest BCUT2D eigenvalue weighted by atomic mass is 10.2. The smallest absolute Gasteiger partial charge is 0.251 e. The highest BCUT2D eigenvalue weighted by atomic mass is 19.1. The minimum absolute atomic E-state index is 0.0774. The summed E-state index contributed by atoms with van der Waals surface area (Å²) in [6.07, 6.45) is 2.28. The third-order valence-electron chi connectivity index (χ3n) is 2.67. The molecule has 1 aromatic rings. The highest BCUT2D eigenvalue weighted by Crippen LogP contribution is 2.20. The van der Waals surface area contributed by atoms with Gasteiger partial charge in [0.05, 0.1) is 13.2 Å². The summed E-state index contributed by atoms with van der Waals surface area (Å²) in [6.45, 7) is 4.45. The molecular formula is C12H17FN2O2. The van der Waals surface area contributed by atoms with Crippen molar-refractivity contribution in [2.45, 2.75) is 26.0 Å². The van der Waals surface area contributed by atoms with Crippen molar-refractivity contribution in [2.75, 3.05) is 19.8 Å². The average Bonchev–Trinajstić information content (AvgIpc) is 2.83. The molecule has 1 saturated heterocycles. The first-order valence-corrected chi connectivity index (χ1v) is 5.89. The summed E-state index contributed by atoms with van der Waals surface area (Å²) in [7, 11) is 0. The van der Waals surface area contributed by atoms with Crippen LogP contribution in [-0.4, -0.2) is 30.8 Å². The molecule has 0 amide bonds. The van der Waals surface area contributed by atoms with Crippen molar-refractivity contribution in [1.82, 2.24) is 10.3 Å². The number of nitrogens with one attached hydrogen (secondary N) is 1. The molecule has 1 aliphatic heterocycles. The Morgan fingerprint density at radius 2 is 2.53 bits per heavy atom. The first-order valence-electron chi connectivity index (χ1n) is 5.89. The van der Waals surface area contributed by atoms with Crippen molar-refractivity contribution >= 4 is 0 Å². The lowest BCUT2D eigenvalue weighted by Crippen LogP contribution is -2.19. The molecule has 94 valence electrons. The Bertz CT molecular complexity index is 368. The van der Waals surface area contributed by atoms with Crippen LogP contribution in [0.3, 0.4) is 0 Å². The van der Waals surface area contributed by atoms with Crippen LogP contribution in [0.4, 0.5) is 4.39 Å². The van der Waals surface area contributed by atoms with Gasteiger partial charge in [-0.25, -0.2) is 9.37 Å². The molecule has 1 unspecified atom stereocenters. The molecule has 5 heteroatoms. The van der Waals surface area contributed by atoms with E-state index >= 15 is 0 Å². The Kier molecular flexibility index (Phi) is 4.28. The third kappa shape index (κ3) is 3.14. The standard InChI is InChI=1S/C12H17FN2O2/c1-2-14-7-9-3-5-15-12(11(9)13)17-10-4-6-16-8-10/h3,5,10,14H,2,4,6-8H2,1H3. The molecule has 0 bridgehead atoms. The monoisotopic (exact) mass is 240 g/mol. The van der Waals surface area contributed by atoms with Crippen molar-refractivity contribution in [3.05, 3.63) is 23.6 Å². The van der Waals surface area contributed by atoms with Gasteiger partial charge in [-0.3, -0.25) is 0 Å². The van der Waals surface area contributed by atoms with Crippen LogP contribution in [0.1, 0.15) is 18.9 Å². The largest absolute Gasteiger partial charge is 0.470 e. The molecule has 4 nitrogen and oxygen atoms in total. The zero-order valence-electron chi connectivity index (χ0n) is 9.91. The summed E-state index contributed by atoms with van der Waals surface area (Å²) in [4.78, 5) is 3.93. The molecule has 1 aliphatic rings. The lowest BCUT2D eigenvalue weighted by Gasteiger charge is -2.13. The Labute approximate surface area is 100 Å². The van der Waals surface area contributed by atoms with Crippen LogP contribution >= 0.6 is 0 Å². The van der Waals surface area contributed by atoms with Gasteiger partial charge in [-0.1, -0.05) is 6.92 Å². The van der Waals surface area contributed by atoms with Crippen LogP contribution < -0.4 is 10.1 Å². The summed E-state index contributed by atoms with van der Waals surface area (Å²) in [6, 6.07) is 1.66. The fourth-order valence-electron chi connectivity index (χ4n) is 1.70. The molecule has 2 heterocycles. The molecule has 0 radical (unpaired) electrons.